The van der Waals surface area contributed by atoms with Crippen LogP contribution in [0.4, 0.5) is 5.82 Å². The van der Waals surface area contributed by atoms with Gasteiger partial charge in [-0.05, 0) is 24.4 Å². The molecule has 1 aromatic rings. The molecule has 0 aliphatic rings. The zero-order chi connectivity index (χ0) is 8.10. The van der Waals surface area contributed by atoms with Gasteiger partial charge in [-0.2, -0.15) is 10.3 Å². The molecule has 0 unspecified atom stereocenters. The topological polar surface area (TPSA) is 49.0 Å². The van der Waals surface area contributed by atoms with E-state index in [4.69, 9.17) is 5.26 Å². The Kier molecular flexibility index (Phi) is 2.45. The summed E-state index contributed by atoms with van der Waals surface area (Å²) in [6.45, 7) is 0. The van der Waals surface area contributed by atoms with Crippen LogP contribution in [0.3, 0.4) is 0 Å². The van der Waals surface area contributed by atoms with Crippen molar-refractivity contribution in [2.75, 3.05) is 0 Å². The summed E-state index contributed by atoms with van der Waals surface area (Å²) in [6, 6.07) is 6.84. The van der Waals surface area contributed by atoms with Gasteiger partial charge in [0.2, 0.25) is 0 Å². The lowest BCUT2D eigenvalue weighted by molar-refractivity contribution is 1.24. The van der Waals surface area contributed by atoms with Crippen molar-refractivity contribution in [3.05, 3.63) is 23.9 Å². The minimum atomic E-state index is 0.330. The van der Waals surface area contributed by atoms with Crippen molar-refractivity contribution in [3.8, 4) is 6.07 Å². The molecule has 52 valence electrons. The Labute approximate surface area is 69.0 Å². The van der Waals surface area contributed by atoms with Gasteiger partial charge in [0, 0.05) is 0 Å². The first-order valence-electron chi connectivity index (χ1n) is 2.82. The van der Waals surface area contributed by atoms with Crippen LogP contribution in [0, 0.1) is 11.3 Å². The third kappa shape index (κ3) is 1.94. The quantitative estimate of drug-likeness (QED) is 0.465. The van der Waals surface area contributed by atoms with Crippen LogP contribution in [-0.4, -0.2) is 10.1 Å². The average molecular weight is 161 g/mol. The number of pyridine rings is 1. The predicted molar refractivity (Wildman–Crippen MR) is 43.6 cm³/mol. The van der Waals surface area contributed by atoms with Crippen LogP contribution in [0.5, 0.6) is 0 Å². The van der Waals surface area contributed by atoms with Gasteiger partial charge in [0.05, 0.1) is 5.16 Å². The Balaban J connectivity index is 3.12. The molecule has 0 radical (unpaired) electrons. The molecular formula is C7H3N3S. The number of nitrogens with zero attached hydrogens (tertiary/aromatic N) is 3. The molecule has 0 fully saturated rings. The van der Waals surface area contributed by atoms with Crippen LogP contribution >= 0.6 is 12.2 Å². The summed E-state index contributed by atoms with van der Waals surface area (Å²) in [5.41, 5.74) is 0.330. The first-order chi connectivity index (χ1) is 5.36. The van der Waals surface area contributed by atoms with Crippen LogP contribution < -0.4 is 0 Å². The average Bonchev–Trinajstić information content (AvgIpc) is 2.06. The Morgan fingerprint density at radius 2 is 2.36 bits per heavy atom. The minimum absolute atomic E-state index is 0.330. The van der Waals surface area contributed by atoms with Gasteiger partial charge in [-0.1, -0.05) is 6.07 Å². The van der Waals surface area contributed by atoms with Gasteiger partial charge in [0.15, 0.2) is 5.82 Å². The lowest BCUT2D eigenvalue weighted by atomic mass is 10.4. The molecule has 0 saturated heterocycles. The first kappa shape index (κ1) is 7.55. The monoisotopic (exact) mass is 161 g/mol. The van der Waals surface area contributed by atoms with E-state index in [9.17, 15) is 0 Å². The maximum atomic E-state index is 8.43. The summed E-state index contributed by atoms with van der Waals surface area (Å²) in [4.78, 5) is 7.44. The standard InChI is InChI=1S/C7H3N3S/c8-4-6-2-1-3-7(10-6)9-5-11/h1-3H. The summed E-state index contributed by atoms with van der Waals surface area (Å²) < 4.78 is 0. The second-order valence-electron chi connectivity index (χ2n) is 1.70. The van der Waals surface area contributed by atoms with Gasteiger partial charge in [-0.3, -0.25) is 0 Å². The minimum Gasteiger partial charge on any atom is -0.217 e. The maximum Gasteiger partial charge on any atom is 0.163 e. The third-order valence-electron chi connectivity index (χ3n) is 1.01. The van der Waals surface area contributed by atoms with Gasteiger partial charge in [-0.25, -0.2) is 4.98 Å². The fourth-order valence-electron chi connectivity index (χ4n) is 0.595. The smallest absolute Gasteiger partial charge is 0.163 e. The number of aliphatic imine (C=N–C) groups is 1. The second kappa shape index (κ2) is 3.57. The first-order valence-corrected chi connectivity index (χ1v) is 3.22. The summed E-state index contributed by atoms with van der Waals surface area (Å²) in [5, 5.41) is 10.6. The fraction of sp³-hybridized carbons (Fsp3) is 0. The van der Waals surface area contributed by atoms with Gasteiger partial charge in [0.1, 0.15) is 11.8 Å². The molecule has 0 spiro atoms. The molecule has 11 heavy (non-hydrogen) atoms. The second-order valence-corrected chi connectivity index (χ2v) is 1.88. The highest BCUT2D eigenvalue weighted by Crippen LogP contribution is 2.06. The van der Waals surface area contributed by atoms with Crippen molar-refractivity contribution < 1.29 is 0 Å². The van der Waals surface area contributed by atoms with Crippen LogP contribution in [0.15, 0.2) is 23.2 Å². The molecule has 1 rings (SSSR count). The Morgan fingerprint density at radius 1 is 1.55 bits per heavy atom. The number of hydrogen-bond acceptors (Lipinski definition) is 4. The van der Waals surface area contributed by atoms with Gasteiger partial charge in [0.25, 0.3) is 0 Å². The van der Waals surface area contributed by atoms with Crippen LogP contribution in [0.2, 0.25) is 0 Å². The fourth-order valence-corrected chi connectivity index (χ4v) is 0.688. The molecule has 0 aliphatic carbocycles. The maximum absolute atomic E-state index is 8.43. The van der Waals surface area contributed by atoms with E-state index in [1.54, 1.807) is 18.2 Å². The Morgan fingerprint density at radius 3 is 3.00 bits per heavy atom. The summed E-state index contributed by atoms with van der Waals surface area (Å²) >= 11 is 4.37. The van der Waals surface area contributed by atoms with E-state index in [0.717, 1.165) is 0 Å². The number of thiocarbonyl (C=S) groups is 1. The number of isothiocyanates is 1. The van der Waals surface area contributed by atoms with E-state index in [-0.39, 0.29) is 0 Å². The summed E-state index contributed by atoms with van der Waals surface area (Å²) in [6.07, 6.45) is 0. The zero-order valence-corrected chi connectivity index (χ0v) is 6.30. The van der Waals surface area contributed by atoms with Crippen LogP contribution in [-0.2, 0) is 0 Å². The molecule has 3 nitrogen and oxygen atoms in total. The SMILES string of the molecule is N#Cc1cccc(N=C=S)n1. The van der Waals surface area contributed by atoms with Gasteiger partial charge in [-0.15, -0.1) is 0 Å². The molecule has 0 aliphatic heterocycles. The number of rotatable bonds is 1. The zero-order valence-electron chi connectivity index (χ0n) is 5.48. The summed E-state index contributed by atoms with van der Waals surface area (Å²) in [5.74, 6) is 0.416. The van der Waals surface area contributed by atoms with Gasteiger partial charge < -0.3 is 0 Å². The van der Waals surface area contributed by atoms with Crippen molar-refractivity contribution in [1.82, 2.24) is 4.98 Å². The van der Waals surface area contributed by atoms with Gasteiger partial charge >= 0.3 is 0 Å². The molecule has 4 heteroatoms. The predicted octanol–water partition coefficient (Wildman–Crippen LogP) is 1.69. The van der Waals surface area contributed by atoms with E-state index < -0.39 is 0 Å². The number of aromatic nitrogens is 1. The highest BCUT2D eigenvalue weighted by Gasteiger charge is 1.91. The molecule has 1 aromatic heterocycles. The van der Waals surface area contributed by atoms with Crippen molar-refractivity contribution in [3.63, 3.8) is 0 Å². The molecule has 1 heterocycles. The molecule has 0 N–H and O–H groups in total. The normalized spacial score (nSPS) is 7.91. The van der Waals surface area contributed by atoms with Crippen molar-refractivity contribution in [2.24, 2.45) is 4.99 Å². The molecule has 0 saturated carbocycles. The lowest BCUT2D eigenvalue weighted by Gasteiger charge is -1.88. The molecule has 0 aromatic carbocycles. The van der Waals surface area contributed by atoms with Crippen LogP contribution in [0.25, 0.3) is 0 Å². The van der Waals surface area contributed by atoms with E-state index in [2.05, 4.69) is 27.4 Å². The molecule has 0 amide bonds. The van der Waals surface area contributed by atoms with E-state index in [1.165, 1.54) is 0 Å². The van der Waals surface area contributed by atoms with Crippen molar-refractivity contribution >= 4 is 23.2 Å². The lowest BCUT2D eigenvalue weighted by Crippen LogP contribution is -1.79. The van der Waals surface area contributed by atoms with E-state index >= 15 is 0 Å². The Bertz CT molecular complexity index is 347. The number of hydrogen-bond donors (Lipinski definition) is 0. The van der Waals surface area contributed by atoms with E-state index in [1.807, 2.05) is 6.07 Å². The Hall–Kier alpha value is -1.56. The molecular weight excluding hydrogens is 158 g/mol. The van der Waals surface area contributed by atoms with Crippen molar-refractivity contribution in [2.45, 2.75) is 0 Å². The van der Waals surface area contributed by atoms with Crippen LogP contribution in [0.1, 0.15) is 5.69 Å². The highest BCUT2D eigenvalue weighted by atomic mass is 32.1. The molecule has 0 bridgehead atoms. The van der Waals surface area contributed by atoms with E-state index in [0.29, 0.717) is 11.5 Å². The third-order valence-corrected chi connectivity index (χ3v) is 1.10. The van der Waals surface area contributed by atoms with Crippen molar-refractivity contribution in [1.29, 1.82) is 5.26 Å². The summed E-state index contributed by atoms with van der Waals surface area (Å²) in [7, 11) is 0. The largest absolute Gasteiger partial charge is 0.217 e. The molecule has 0 atom stereocenters. The highest BCUT2D eigenvalue weighted by molar-refractivity contribution is 7.78. The number of nitriles is 1.